The van der Waals surface area contributed by atoms with Crippen molar-refractivity contribution >= 4 is 18.4 Å². The minimum absolute atomic E-state index is 0.290. The number of halogens is 2. The van der Waals surface area contributed by atoms with E-state index < -0.39 is 0 Å². The lowest BCUT2D eigenvalue weighted by atomic mass is 10.1. The van der Waals surface area contributed by atoms with Crippen LogP contribution in [0.5, 0.6) is 0 Å². The summed E-state index contributed by atoms with van der Waals surface area (Å²) in [6.07, 6.45) is 2.02. The Morgan fingerprint density at radius 3 is 2.30 bits per heavy atom. The van der Waals surface area contributed by atoms with Gasteiger partial charge in [0.15, 0.2) is 5.82 Å². The summed E-state index contributed by atoms with van der Waals surface area (Å²) in [6, 6.07) is 12.1. The summed E-state index contributed by atoms with van der Waals surface area (Å²) in [5.74, 6) is 0.000912. The predicted octanol–water partition coefficient (Wildman–Crippen LogP) is 3.69. The van der Waals surface area contributed by atoms with Crippen LogP contribution in [-0.2, 0) is 6.42 Å². The first-order chi connectivity index (χ1) is 11.1. The largest absolute Gasteiger partial charge is 0.250 e. The van der Waals surface area contributed by atoms with E-state index >= 15 is 0 Å². The van der Waals surface area contributed by atoms with Gasteiger partial charge >= 0.3 is 0 Å². The summed E-state index contributed by atoms with van der Waals surface area (Å²) in [5, 5.41) is 11.1. The van der Waals surface area contributed by atoms with E-state index in [1.807, 2.05) is 0 Å². The Balaban J connectivity index is 1.85. The van der Waals surface area contributed by atoms with Crippen LogP contribution in [0.15, 0.2) is 53.6 Å². The Labute approximate surface area is 136 Å². The van der Waals surface area contributed by atoms with Crippen molar-refractivity contribution in [2.75, 3.05) is 0 Å². The maximum Gasteiger partial charge on any atom is 0.216 e. The Hall–Kier alpha value is -2.67. The highest BCUT2D eigenvalue weighted by Gasteiger charge is 2.06. The van der Waals surface area contributed by atoms with Gasteiger partial charge in [-0.1, -0.05) is 24.3 Å². The van der Waals surface area contributed by atoms with Gasteiger partial charge in [0.2, 0.25) is 4.77 Å². The topological polar surface area (TPSA) is 46.0 Å². The monoisotopic (exact) mass is 330 g/mol. The van der Waals surface area contributed by atoms with E-state index in [0.29, 0.717) is 17.0 Å². The lowest BCUT2D eigenvalue weighted by Crippen LogP contribution is -2.00. The van der Waals surface area contributed by atoms with Gasteiger partial charge in [-0.2, -0.15) is 14.9 Å². The van der Waals surface area contributed by atoms with Crippen LogP contribution in [0.1, 0.15) is 17.0 Å². The number of aromatic nitrogens is 3. The number of H-pyrrole nitrogens is 1. The smallest absolute Gasteiger partial charge is 0.216 e. The molecule has 0 saturated heterocycles. The molecule has 1 N–H and O–H groups in total. The molecule has 116 valence electrons. The number of benzene rings is 2. The van der Waals surface area contributed by atoms with Crippen LogP contribution in [0.3, 0.4) is 0 Å². The summed E-state index contributed by atoms with van der Waals surface area (Å²) in [5.41, 5.74) is 1.63. The predicted molar refractivity (Wildman–Crippen MR) is 86.0 cm³/mol. The SMILES string of the molecule is Fc1ccc(/C=N\n2c(Cc3ccc(F)cc3)n[nH]c2=S)cc1. The molecule has 0 radical (unpaired) electrons. The van der Waals surface area contributed by atoms with Crippen molar-refractivity contribution in [3.63, 3.8) is 0 Å². The summed E-state index contributed by atoms with van der Waals surface area (Å²) in [6.45, 7) is 0. The van der Waals surface area contributed by atoms with Crippen molar-refractivity contribution in [3.8, 4) is 0 Å². The van der Waals surface area contributed by atoms with Crippen molar-refractivity contribution < 1.29 is 8.78 Å². The van der Waals surface area contributed by atoms with Gasteiger partial charge in [0.1, 0.15) is 11.6 Å². The van der Waals surface area contributed by atoms with Gasteiger partial charge in [0, 0.05) is 6.42 Å². The fourth-order valence-electron chi connectivity index (χ4n) is 2.02. The molecule has 0 aliphatic carbocycles. The third kappa shape index (κ3) is 3.75. The molecule has 0 saturated carbocycles. The summed E-state index contributed by atoms with van der Waals surface area (Å²) < 4.78 is 27.7. The van der Waals surface area contributed by atoms with E-state index in [2.05, 4.69) is 15.3 Å². The minimum Gasteiger partial charge on any atom is -0.250 e. The Morgan fingerprint density at radius 1 is 1.04 bits per heavy atom. The van der Waals surface area contributed by atoms with Crippen LogP contribution >= 0.6 is 12.2 Å². The van der Waals surface area contributed by atoms with Crippen LogP contribution in [0, 0.1) is 16.4 Å². The number of nitrogens with zero attached hydrogens (tertiary/aromatic N) is 3. The van der Waals surface area contributed by atoms with E-state index in [1.54, 1.807) is 30.5 Å². The molecule has 3 aromatic rings. The maximum atomic E-state index is 13.0. The van der Waals surface area contributed by atoms with Crippen LogP contribution in [0.4, 0.5) is 8.78 Å². The molecule has 0 aliphatic heterocycles. The Morgan fingerprint density at radius 2 is 1.65 bits per heavy atom. The highest BCUT2D eigenvalue weighted by Crippen LogP contribution is 2.09. The average molecular weight is 330 g/mol. The molecule has 0 spiro atoms. The number of aromatic amines is 1. The van der Waals surface area contributed by atoms with Crippen molar-refractivity contribution in [2.24, 2.45) is 5.10 Å². The standard InChI is InChI=1S/C16H12F2N4S/c17-13-5-1-11(2-6-13)9-15-20-21-16(23)22(15)19-10-12-3-7-14(18)8-4-12/h1-8,10H,9H2,(H,21,23)/b19-10-. The van der Waals surface area contributed by atoms with Gasteiger partial charge in [-0.15, -0.1) is 0 Å². The Kier molecular flexibility index (Phi) is 4.38. The van der Waals surface area contributed by atoms with Gasteiger partial charge in [0.25, 0.3) is 0 Å². The number of rotatable bonds is 4. The van der Waals surface area contributed by atoms with Crippen LogP contribution < -0.4 is 0 Å². The fraction of sp³-hybridized carbons (Fsp3) is 0.0625. The summed E-state index contributed by atoms with van der Waals surface area (Å²) >= 11 is 5.16. The first-order valence-electron chi connectivity index (χ1n) is 6.82. The van der Waals surface area contributed by atoms with Gasteiger partial charge in [0.05, 0.1) is 6.21 Å². The van der Waals surface area contributed by atoms with Crippen molar-refractivity contribution in [1.82, 2.24) is 14.9 Å². The molecule has 0 bridgehead atoms. The molecule has 0 unspecified atom stereocenters. The lowest BCUT2D eigenvalue weighted by Gasteiger charge is -2.01. The van der Waals surface area contributed by atoms with Crippen LogP contribution in [0.2, 0.25) is 0 Å². The molecule has 0 amide bonds. The first kappa shape index (κ1) is 15.2. The highest BCUT2D eigenvalue weighted by atomic mass is 32.1. The second-order valence-electron chi connectivity index (χ2n) is 4.86. The van der Waals surface area contributed by atoms with E-state index in [1.165, 1.54) is 28.9 Å². The maximum absolute atomic E-state index is 13.0. The lowest BCUT2D eigenvalue weighted by molar-refractivity contribution is 0.627. The van der Waals surface area contributed by atoms with E-state index in [-0.39, 0.29) is 11.6 Å². The molecule has 1 heterocycles. The van der Waals surface area contributed by atoms with Crippen molar-refractivity contribution in [2.45, 2.75) is 6.42 Å². The van der Waals surface area contributed by atoms with Gasteiger partial charge in [-0.25, -0.2) is 8.78 Å². The molecule has 2 aromatic carbocycles. The number of nitrogens with one attached hydrogen (secondary N) is 1. The average Bonchev–Trinajstić information content (AvgIpc) is 2.89. The third-order valence-corrected chi connectivity index (χ3v) is 3.45. The molecular weight excluding hydrogens is 318 g/mol. The van der Waals surface area contributed by atoms with Crippen LogP contribution in [-0.4, -0.2) is 21.1 Å². The molecule has 0 atom stereocenters. The second-order valence-corrected chi connectivity index (χ2v) is 5.24. The van der Waals surface area contributed by atoms with Gasteiger partial charge in [-0.3, -0.25) is 5.10 Å². The van der Waals surface area contributed by atoms with Crippen LogP contribution in [0.25, 0.3) is 0 Å². The third-order valence-electron chi connectivity index (χ3n) is 3.19. The molecular formula is C16H12F2N4S. The molecule has 0 aliphatic rings. The number of hydrogen-bond donors (Lipinski definition) is 1. The van der Waals surface area contributed by atoms with Crippen molar-refractivity contribution in [3.05, 3.63) is 81.9 Å². The second kappa shape index (κ2) is 6.62. The highest BCUT2D eigenvalue weighted by molar-refractivity contribution is 7.71. The molecule has 1 aromatic heterocycles. The molecule has 0 fully saturated rings. The molecule has 7 heteroatoms. The Bertz CT molecular complexity index is 880. The zero-order chi connectivity index (χ0) is 16.2. The summed E-state index contributed by atoms with van der Waals surface area (Å²) in [4.78, 5) is 0. The fourth-order valence-corrected chi connectivity index (χ4v) is 2.21. The zero-order valence-electron chi connectivity index (χ0n) is 11.9. The molecule has 4 nitrogen and oxygen atoms in total. The zero-order valence-corrected chi connectivity index (χ0v) is 12.7. The van der Waals surface area contributed by atoms with Gasteiger partial charge < -0.3 is 0 Å². The van der Waals surface area contributed by atoms with Gasteiger partial charge in [-0.05, 0) is 47.6 Å². The summed E-state index contributed by atoms with van der Waals surface area (Å²) in [7, 11) is 0. The van der Waals surface area contributed by atoms with Crippen molar-refractivity contribution in [1.29, 1.82) is 0 Å². The quantitative estimate of drug-likeness (QED) is 0.586. The minimum atomic E-state index is -0.306. The van der Waals surface area contributed by atoms with E-state index in [4.69, 9.17) is 12.2 Å². The normalized spacial score (nSPS) is 11.2. The van der Waals surface area contributed by atoms with E-state index in [9.17, 15) is 8.78 Å². The molecule has 3 rings (SSSR count). The first-order valence-corrected chi connectivity index (χ1v) is 7.23. The number of hydrogen-bond acceptors (Lipinski definition) is 3. The molecule has 23 heavy (non-hydrogen) atoms. The van der Waals surface area contributed by atoms with E-state index in [0.717, 1.165) is 11.1 Å².